The van der Waals surface area contributed by atoms with Crippen LogP contribution in [0.25, 0.3) is 0 Å². The summed E-state index contributed by atoms with van der Waals surface area (Å²) in [5.41, 5.74) is 11.0. The van der Waals surface area contributed by atoms with Crippen LogP contribution in [0, 0.1) is 0 Å². The molecule has 2 aliphatic rings. The van der Waals surface area contributed by atoms with Gasteiger partial charge in [-0.15, -0.1) is 0 Å². The van der Waals surface area contributed by atoms with E-state index in [1.807, 2.05) is 0 Å². The average molecular weight is 272 g/mol. The Balaban J connectivity index is 2.03. The van der Waals surface area contributed by atoms with Crippen molar-refractivity contribution in [1.82, 2.24) is 4.90 Å². The SMILES string of the molecule is CC(C)c1ccc2c(c1)CCCC2(CN)N1CCCC1. The highest BCUT2D eigenvalue weighted by atomic mass is 15.2. The minimum Gasteiger partial charge on any atom is -0.328 e. The molecule has 110 valence electrons. The number of benzene rings is 1. The lowest BCUT2D eigenvalue weighted by Crippen LogP contribution is -2.51. The Kier molecular flexibility index (Phi) is 3.87. The highest BCUT2D eigenvalue weighted by molar-refractivity contribution is 5.40. The summed E-state index contributed by atoms with van der Waals surface area (Å²) in [4.78, 5) is 2.67. The van der Waals surface area contributed by atoms with E-state index in [4.69, 9.17) is 5.73 Å². The van der Waals surface area contributed by atoms with Gasteiger partial charge in [-0.3, -0.25) is 4.90 Å². The highest BCUT2D eigenvalue weighted by Crippen LogP contribution is 2.42. The molecule has 0 bridgehead atoms. The molecular formula is C18H28N2. The van der Waals surface area contributed by atoms with Crippen LogP contribution in [-0.4, -0.2) is 24.5 Å². The van der Waals surface area contributed by atoms with Gasteiger partial charge in [0.25, 0.3) is 0 Å². The number of aryl methyl sites for hydroxylation is 1. The largest absolute Gasteiger partial charge is 0.328 e. The lowest BCUT2D eigenvalue weighted by Gasteiger charge is -2.45. The number of rotatable bonds is 3. The number of nitrogens with two attached hydrogens (primary N) is 1. The monoisotopic (exact) mass is 272 g/mol. The predicted molar refractivity (Wildman–Crippen MR) is 85.0 cm³/mol. The van der Waals surface area contributed by atoms with Gasteiger partial charge in [0.1, 0.15) is 0 Å². The number of hydrogen-bond donors (Lipinski definition) is 1. The number of hydrogen-bond acceptors (Lipinski definition) is 2. The smallest absolute Gasteiger partial charge is 0.0586 e. The Bertz CT molecular complexity index is 474. The number of fused-ring (bicyclic) bond motifs is 1. The van der Waals surface area contributed by atoms with Crippen LogP contribution in [0.1, 0.15) is 62.1 Å². The molecule has 0 radical (unpaired) electrons. The van der Waals surface area contributed by atoms with Crippen molar-refractivity contribution in [2.24, 2.45) is 5.73 Å². The summed E-state index contributed by atoms with van der Waals surface area (Å²) in [5.74, 6) is 0.612. The fraction of sp³-hybridized carbons (Fsp3) is 0.667. The maximum atomic E-state index is 6.29. The van der Waals surface area contributed by atoms with E-state index in [-0.39, 0.29) is 5.54 Å². The average Bonchev–Trinajstić information content (AvgIpc) is 3.00. The summed E-state index contributed by atoms with van der Waals surface area (Å²) in [6.07, 6.45) is 6.41. The third kappa shape index (κ3) is 2.19. The van der Waals surface area contributed by atoms with E-state index in [0.717, 1.165) is 6.54 Å². The molecule has 0 saturated carbocycles. The molecule has 1 aromatic rings. The van der Waals surface area contributed by atoms with E-state index >= 15 is 0 Å². The van der Waals surface area contributed by atoms with Crippen LogP contribution in [0.15, 0.2) is 18.2 Å². The maximum Gasteiger partial charge on any atom is 0.0586 e. The van der Waals surface area contributed by atoms with Crippen molar-refractivity contribution >= 4 is 0 Å². The molecule has 1 atom stereocenters. The zero-order valence-electron chi connectivity index (χ0n) is 13.0. The molecule has 0 amide bonds. The predicted octanol–water partition coefficient (Wildman–Crippen LogP) is 3.40. The summed E-state index contributed by atoms with van der Waals surface area (Å²) in [6, 6.07) is 7.16. The first-order chi connectivity index (χ1) is 9.67. The molecule has 2 heteroatoms. The van der Waals surface area contributed by atoms with Crippen molar-refractivity contribution in [3.8, 4) is 0 Å². The first-order valence-electron chi connectivity index (χ1n) is 8.26. The molecule has 0 spiro atoms. The van der Waals surface area contributed by atoms with Crippen molar-refractivity contribution in [3.05, 3.63) is 34.9 Å². The van der Waals surface area contributed by atoms with E-state index in [9.17, 15) is 0 Å². The van der Waals surface area contributed by atoms with Gasteiger partial charge in [-0.25, -0.2) is 0 Å². The first kappa shape index (κ1) is 14.1. The van der Waals surface area contributed by atoms with Crippen molar-refractivity contribution < 1.29 is 0 Å². The number of likely N-dealkylation sites (tertiary alicyclic amines) is 1. The molecule has 2 nitrogen and oxygen atoms in total. The van der Waals surface area contributed by atoms with Crippen molar-refractivity contribution in [2.75, 3.05) is 19.6 Å². The fourth-order valence-electron chi connectivity index (χ4n) is 4.15. The van der Waals surface area contributed by atoms with Gasteiger partial charge in [-0.1, -0.05) is 32.0 Å². The van der Waals surface area contributed by atoms with Crippen LogP contribution in [0.2, 0.25) is 0 Å². The molecule has 1 aliphatic carbocycles. The van der Waals surface area contributed by atoms with Crippen LogP contribution in [-0.2, 0) is 12.0 Å². The topological polar surface area (TPSA) is 29.3 Å². The van der Waals surface area contributed by atoms with E-state index in [1.165, 1.54) is 56.3 Å². The van der Waals surface area contributed by atoms with Gasteiger partial charge < -0.3 is 5.73 Å². The Morgan fingerprint density at radius 2 is 1.95 bits per heavy atom. The molecule has 2 N–H and O–H groups in total. The fourth-order valence-corrected chi connectivity index (χ4v) is 4.15. The molecule has 1 unspecified atom stereocenters. The maximum absolute atomic E-state index is 6.29. The Morgan fingerprint density at radius 3 is 2.60 bits per heavy atom. The van der Waals surface area contributed by atoms with Crippen LogP contribution in [0.4, 0.5) is 0 Å². The minimum absolute atomic E-state index is 0.125. The van der Waals surface area contributed by atoms with E-state index in [2.05, 4.69) is 36.9 Å². The lowest BCUT2D eigenvalue weighted by molar-refractivity contribution is 0.102. The van der Waals surface area contributed by atoms with Gasteiger partial charge >= 0.3 is 0 Å². The van der Waals surface area contributed by atoms with E-state index in [0.29, 0.717) is 5.92 Å². The second-order valence-electron chi connectivity index (χ2n) is 6.85. The molecule has 1 heterocycles. The molecule has 1 aromatic carbocycles. The van der Waals surface area contributed by atoms with E-state index in [1.54, 1.807) is 5.56 Å². The molecule has 1 saturated heterocycles. The molecule has 3 rings (SSSR count). The quantitative estimate of drug-likeness (QED) is 0.914. The summed E-state index contributed by atoms with van der Waals surface area (Å²) in [5, 5.41) is 0. The highest BCUT2D eigenvalue weighted by Gasteiger charge is 2.41. The third-order valence-corrected chi connectivity index (χ3v) is 5.38. The summed E-state index contributed by atoms with van der Waals surface area (Å²) >= 11 is 0. The van der Waals surface area contributed by atoms with Crippen molar-refractivity contribution in [3.63, 3.8) is 0 Å². The Labute approximate surface area is 123 Å². The standard InChI is InChI=1S/C18H28N2/c1-14(2)15-7-8-17-16(12-15)6-5-9-18(17,13-19)20-10-3-4-11-20/h7-8,12,14H,3-6,9-11,13,19H2,1-2H3. The van der Waals surface area contributed by atoms with Gasteiger partial charge in [-0.05, 0) is 67.8 Å². The van der Waals surface area contributed by atoms with Gasteiger partial charge in [0.05, 0.1) is 5.54 Å². The van der Waals surface area contributed by atoms with Crippen LogP contribution >= 0.6 is 0 Å². The van der Waals surface area contributed by atoms with Crippen molar-refractivity contribution in [2.45, 2.75) is 57.4 Å². The molecule has 1 fully saturated rings. The zero-order chi connectivity index (χ0) is 14.2. The van der Waals surface area contributed by atoms with Gasteiger partial charge in [0.15, 0.2) is 0 Å². The first-order valence-corrected chi connectivity index (χ1v) is 8.26. The van der Waals surface area contributed by atoms with Gasteiger partial charge in [0, 0.05) is 6.54 Å². The summed E-state index contributed by atoms with van der Waals surface area (Å²) in [6.45, 7) is 7.77. The van der Waals surface area contributed by atoms with E-state index < -0.39 is 0 Å². The van der Waals surface area contributed by atoms with Crippen LogP contribution in [0.3, 0.4) is 0 Å². The Hall–Kier alpha value is -0.860. The molecule has 20 heavy (non-hydrogen) atoms. The zero-order valence-corrected chi connectivity index (χ0v) is 13.0. The van der Waals surface area contributed by atoms with Gasteiger partial charge in [-0.2, -0.15) is 0 Å². The van der Waals surface area contributed by atoms with Crippen molar-refractivity contribution in [1.29, 1.82) is 0 Å². The van der Waals surface area contributed by atoms with Crippen LogP contribution in [0.5, 0.6) is 0 Å². The minimum atomic E-state index is 0.125. The third-order valence-electron chi connectivity index (χ3n) is 5.38. The number of nitrogens with zero attached hydrogens (tertiary/aromatic N) is 1. The molecular weight excluding hydrogens is 244 g/mol. The normalized spacial score (nSPS) is 27.0. The summed E-state index contributed by atoms with van der Waals surface area (Å²) in [7, 11) is 0. The van der Waals surface area contributed by atoms with Crippen LogP contribution < -0.4 is 5.73 Å². The lowest BCUT2D eigenvalue weighted by atomic mass is 9.74. The Morgan fingerprint density at radius 1 is 1.20 bits per heavy atom. The molecule has 1 aliphatic heterocycles. The second-order valence-corrected chi connectivity index (χ2v) is 6.85. The summed E-state index contributed by atoms with van der Waals surface area (Å²) < 4.78 is 0. The second kappa shape index (κ2) is 5.50. The van der Waals surface area contributed by atoms with Gasteiger partial charge in [0.2, 0.25) is 0 Å². The molecule has 0 aromatic heterocycles.